The maximum Gasteiger partial charge on any atom is 0.338 e. The average Bonchev–Trinajstić information content (AvgIpc) is 3.51. The monoisotopic (exact) mass is 592 g/mol. The van der Waals surface area contributed by atoms with Crippen molar-refractivity contribution in [3.05, 3.63) is 88.8 Å². The number of halogens is 1. The number of hydrogen-bond donors (Lipinski definition) is 2. The van der Waals surface area contributed by atoms with Crippen LogP contribution in [0.3, 0.4) is 0 Å². The molecule has 40 heavy (non-hydrogen) atoms. The SMILES string of the molecule is Nc1cccc(SC2CC(=O)N(c3ccc(C(=O)OCC(=O)Nc4nc(-c5ccccc5Cl)cs4)cc3)C2=O)c1. The second-order valence-corrected chi connectivity index (χ2v) is 11.2. The standard InChI is InChI=1S/C28H21ClN4O5S2/c29-21-7-2-1-6-20(21)22-15-39-28(31-22)32-24(34)14-38-27(37)16-8-10-18(11-9-16)33-25(35)13-23(26(33)36)40-19-5-3-4-17(30)12-19/h1-12,15,23H,13-14,30H2,(H,31,32,34). The molecule has 3 aromatic carbocycles. The molecular formula is C28H21ClN4O5S2. The van der Waals surface area contributed by atoms with E-state index in [1.54, 1.807) is 29.6 Å². The lowest BCUT2D eigenvalue weighted by Gasteiger charge is -2.15. The van der Waals surface area contributed by atoms with Gasteiger partial charge in [-0.15, -0.1) is 23.1 Å². The topological polar surface area (TPSA) is 132 Å². The predicted molar refractivity (Wildman–Crippen MR) is 156 cm³/mol. The molecule has 0 bridgehead atoms. The molecule has 1 aliphatic heterocycles. The van der Waals surface area contributed by atoms with Crippen molar-refractivity contribution in [2.75, 3.05) is 22.6 Å². The molecule has 1 unspecified atom stereocenters. The van der Waals surface area contributed by atoms with Crippen molar-refractivity contribution in [2.24, 2.45) is 0 Å². The second kappa shape index (κ2) is 11.9. The van der Waals surface area contributed by atoms with Crippen molar-refractivity contribution in [3.63, 3.8) is 0 Å². The Balaban J connectivity index is 1.15. The predicted octanol–water partition coefficient (Wildman–Crippen LogP) is 5.27. The number of nitrogen functional groups attached to an aromatic ring is 1. The Kier molecular flexibility index (Phi) is 8.15. The van der Waals surface area contributed by atoms with Crippen LogP contribution >= 0.6 is 34.7 Å². The summed E-state index contributed by atoms with van der Waals surface area (Å²) in [5.41, 5.74) is 8.25. The van der Waals surface area contributed by atoms with Crippen molar-refractivity contribution in [2.45, 2.75) is 16.6 Å². The molecule has 1 saturated heterocycles. The zero-order chi connectivity index (χ0) is 28.2. The van der Waals surface area contributed by atoms with Gasteiger partial charge in [0.1, 0.15) is 0 Å². The van der Waals surface area contributed by atoms with Gasteiger partial charge < -0.3 is 10.5 Å². The fraction of sp³-hybridized carbons (Fsp3) is 0.107. The van der Waals surface area contributed by atoms with Crippen LogP contribution in [-0.2, 0) is 19.1 Å². The number of nitrogens with zero attached hydrogens (tertiary/aromatic N) is 2. The normalized spacial score (nSPS) is 14.8. The first-order valence-electron chi connectivity index (χ1n) is 11.9. The van der Waals surface area contributed by atoms with E-state index in [0.29, 0.717) is 27.2 Å². The Hall–Kier alpha value is -4.19. The number of nitrogens with one attached hydrogen (secondary N) is 1. The zero-order valence-electron chi connectivity index (χ0n) is 20.7. The van der Waals surface area contributed by atoms with Crippen LogP contribution in [0.15, 0.2) is 83.1 Å². The van der Waals surface area contributed by atoms with Gasteiger partial charge in [-0.05, 0) is 48.5 Å². The van der Waals surface area contributed by atoms with Crippen molar-refractivity contribution < 1.29 is 23.9 Å². The number of thioether (sulfide) groups is 1. The molecule has 2 heterocycles. The summed E-state index contributed by atoms with van der Waals surface area (Å²) in [6.07, 6.45) is 0.0518. The van der Waals surface area contributed by atoms with Gasteiger partial charge in [-0.1, -0.05) is 35.9 Å². The number of rotatable bonds is 8. The van der Waals surface area contributed by atoms with Crippen LogP contribution in [0.2, 0.25) is 5.02 Å². The molecule has 202 valence electrons. The first kappa shape index (κ1) is 27.4. The third-order valence-electron chi connectivity index (χ3n) is 5.84. The number of esters is 1. The summed E-state index contributed by atoms with van der Waals surface area (Å²) in [6.45, 7) is -0.520. The minimum atomic E-state index is -0.730. The number of ether oxygens (including phenoxy) is 1. The number of carbonyl (C=O) groups is 4. The van der Waals surface area contributed by atoms with Crippen molar-refractivity contribution in [3.8, 4) is 11.3 Å². The van der Waals surface area contributed by atoms with Crippen LogP contribution in [-0.4, -0.2) is 40.5 Å². The van der Waals surface area contributed by atoms with Crippen LogP contribution in [0.5, 0.6) is 0 Å². The Morgan fingerprint density at radius 3 is 2.62 bits per heavy atom. The summed E-state index contributed by atoms with van der Waals surface area (Å²) in [4.78, 5) is 56.6. The van der Waals surface area contributed by atoms with Crippen LogP contribution in [0.1, 0.15) is 16.8 Å². The molecule has 9 nitrogen and oxygen atoms in total. The maximum atomic E-state index is 13.0. The quantitative estimate of drug-likeness (QED) is 0.161. The van der Waals surface area contributed by atoms with E-state index in [-0.39, 0.29) is 23.8 Å². The number of carbonyl (C=O) groups excluding carboxylic acids is 4. The Bertz CT molecular complexity index is 1610. The van der Waals surface area contributed by atoms with Crippen molar-refractivity contribution in [1.82, 2.24) is 4.98 Å². The van der Waals surface area contributed by atoms with Gasteiger partial charge in [-0.2, -0.15) is 0 Å². The average molecular weight is 593 g/mol. The molecule has 0 spiro atoms. The number of imide groups is 1. The Morgan fingerprint density at radius 2 is 1.88 bits per heavy atom. The lowest BCUT2D eigenvalue weighted by molar-refractivity contribution is -0.121. The Morgan fingerprint density at radius 1 is 1.10 bits per heavy atom. The fourth-order valence-electron chi connectivity index (χ4n) is 3.96. The molecule has 0 radical (unpaired) electrons. The molecule has 12 heteroatoms. The van der Waals surface area contributed by atoms with E-state index in [0.717, 1.165) is 15.4 Å². The third kappa shape index (κ3) is 6.17. The van der Waals surface area contributed by atoms with Gasteiger partial charge in [0.05, 0.1) is 22.2 Å². The van der Waals surface area contributed by atoms with Gasteiger partial charge in [-0.3, -0.25) is 19.7 Å². The Labute approximate surface area is 242 Å². The van der Waals surface area contributed by atoms with Crippen LogP contribution in [0.25, 0.3) is 11.3 Å². The molecule has 1 aromatic heterocycles. The smallest absolute Gasteiger partial charge is 0.338 e. The number of aromatic nitrogens is 1. The summed E-state index contributed by atoms with van der Waals surface area (Å²) >= 11 is 8.70. The van der Waals surface area contributed by atoms with Gasteiger partial charge in [0.2, 0.25) is 11.8 Å². The van der Waals surface area contributed by atoms with Gasteiger partial charge in [-0.25, -0.2) is 14.7 Å². The number of benzene rings is 3. The van der Waals surface area contributed by atoms with E-state index in [1.165, 1.54) is 47.4 Å². The molecule has 0 saturated carbocycles. The van der Waals surface area contributed by atoms with E-state index in [2.05, 4.69) is 10.3 Å². The van der Waals surface area contributed by atoms with Crippen LogP contribution < -0.4 is 16.0 Å². The highest BCUT2D eigenvalue weighted by Gasteiger charge is 2.40. The number of anilines is 3. The van der Waals surface area contributed by atoms with E-state index in [9.17, 15) is 19.2 Å². The summed E-state index contributed by atoms with van der Waals surface area (Å²) in [5.74, 6) is -1.96. The lowest BCUT2D eigenvalue weighted by atomic mass is 10.2. The molecule has 1 atom stereocenters. The summed E-state index contributed by atoms with van der Waals surface area (Å²) < 4.78 is 5.12. The van der Waals surface area contributed by atoms with Crippen molar-refractivity contribution in [1.29, 1.82) is 0 Å². The molecule has 3 N–H and O–H groups in total. The van der Waals surface area contributed by atoms with E-state index in [4.69, 9.17) is 22.1 Å². The summed E-state index contributed by atoms with van der Waals surface area (Å²) in [7, 11) is 0. The highest BCUT2D eigenvalue weighted by molar-refractivity contribution is 8.00. The zero-order valence-corrected chi connectivity index (χ0v) is 23.1. The minimum Gasteiger partial charge on any atom is -0.452 e. The molecular weight excluding hydrogens is 572 g/mol. The summed E-state index contributed by atoms with van der Waals surface area (Å²) in [6, 6.07) is 20.2. The number of hydrogen-bond acceptors (Lipinski definition) is 9. The van der Waals surface area contributed by atoms with Crippen molar-refractivity contribution >= 4 is 74.9 Å². The van der Waals surface area contributed by atoms with E-state index >= 15 is 0 Å². The first-order valence-corrected chi connectivity index (χ1v) is 14.1. The first-order chi connectivity index (χ1) is 19.3. The lowest BCUT2D eigenvalue weighted by Crippen LogP contribution is -2.31. The highest BCUT2D eigenvalue weighted by Crippen LogP contribution is 2.35. The second-order valence-electron chi connectivity index (χ2n) is 8.64. The molecule has 3 amide bonds. The van der Waals surface area contributed by atoms with E-state index < -0.39 is 23.7 Å². The molecule has 1 fully saturated rings. The minimum absolute atomic E-state index is 0.0518. The van der Waals surface area contributed by atoms with E-state index in [1.807, 2.05) is 24.3 Å². The summed E-state index contributed by atoms with van der Waals surface area (Å²) in [5, 5.41) is 4.67. The largest absolute Gasteiger partial charge is 0.452 e. The number of nitrogens with two attached hydrogens (primary N) is 1. The van der Waals surface area contributed by atoms with Gasteiger partial charge in [0.15, 0.2) is 11.7 Å². The molecule has 0 aliphatic carbocycles. The van der Waals surface area contributed by atoms with Gasteiger partial charge in [0.25, 0.3) is 5.91 Å². The van der Waals surface area contributed by atoms with Gasteiger partial charge >= 0.3 is 5.97 Å². The molecule has 1 aliphatic rings. The molecule has 4 aromatic rings. The van der Waals surface area contributed by atoms with Crippen LogP contribution in [0.4, 0.5) is 16.5 Å². The fourth-order valence-corrected chi connectivity index (χ4v) is 6.04. The highest BCUT2D eigenvalue weighted by atomic mass is 35.5. The number of thiazole rings is 1. The third-order valence-corrected chi connectivity index (χ3v) is 8.10. The van der Waals surface area contributed by atoms with Gasteiger partial charge in [0, 0.05) is 33.0 Å². The van der Waals surface area contributed by atoms with Crippen LogP contribution in [0, 0.1) is 0 Å². The maximum absolute atomic E-state index is 13.0. The number of amides is 3. The molecule has 5 rings (SSSR count).